The van der Waals surface area contributed by atoms with Crippen molar-refractivity contribution in [3.8, 4) is 0 Å². The van der Waals surface area contributed by atoms with Crippen molar-refractivity contribution in [3.63, 3.8) is 0 Å². The highest BCUT2D eigenvalue weighted by atomic mass is 127. The van der Waals surface area contributed by atoms with E-state index in [0.717, 1.165) is 36.8 Å². The van der Waals surface area contributed by atoms with Crippen LogP contribution >= 0.6 is 24.0 Å². The molecule has 3 heterocycles. The van der Waals surface area contributed by atoms with Gasteiger partial charge in [0.05, 0.1) is 12.7 Å². The predicted molar refractivity (Wildman–Crippen MR) is 131 cm³/mol. The van der Waals surface area contributed by atoms with Gasteiger partial charge in [0.15, 0.2) is 11.8 Å². The van der Waals surface area contributed by atoms with E-state index in [2.05, 4.69) is 37.8 Å². The molecule has 11 heteroatoms. The monoisotopic (exact) mass is 545 g/mol. The van der Waals surface area contributed by atoms with Crippen LogP contribution in [0.4, 0.5) is 0 Å². The normalized spacial score (nSPS) is 19.2. The number of nitrogens with one attached hydrogen (secondary N) is 2. The number of nitrogens with zero attached hydrogens (tertiary/aromatic N) is 7. The topological polar surface area (TPSA) is 108 Å². The summed E-state index contributed by atoms with van der Waals surface area (Å²) in [6.45, 7) is 9.63. The minimum atomic E-state index is -1.07. The third-order valence-electron chi connectivity index (χ3n) is 5.90. The summed E-state index contributed by atoms with van der Waals surface area (Å²) < 4.78 is 3.62. The van der Waals surface area contributed by atoms with Crippen molar-refractivity contribution in [1.82, 2.24) is 40.1 Å². The van der Waals surface area contributed by atoms with Gasteiger partial charge in [0.25, 0.3) is 0 Å². The predicted octanol–water partition coefficient (Wildman–Crippen LogP) is 0.902. The second kappa shape index (κ2) is 11.2. The van der Waals surface area contributed by atoms with Gasteiger partial charge in [-0.05, 0) is 39.8 Å². The smallest absolute Gasteiger partial charge is 0.191 e. The summed E-state index contributed by atoms with van der Waals surface area (Å²) >= 11 is 0. The Kier molecular flexibility index (Phi) is 9.25. The number of aryl methyl sites for hydroxylation is 2. The van der Waals surface area contributed by atoms with Gasteiger partial charge in [-0.1, -0.05) is 6.92 Å². The Hall–Kier alpha value is -1.73. The van der Waals surface area contributed by atoms with E-state index in [1.165, 1.54) is 12.8 Å². The molecular formula is C20H36IN9O. The van der Waals surface area contributed by atoms with E-state index in [9.17, 15) is 5.11 Å². The second-order valence-corrected chi connectivity index (χ2v) is 8.22. The Morgan fingerprint density at radius 3 is 2.71 bits per heavy atom. The fourth-order valence-corrected chi connectivity index (χ4v) is 3.73. The van der Waals surface area contributed by atoms with E-state index < -0.39 is 5.60 Å². The van der Waals surface area contributed by atoms with Crippen LogP contribution in [-0.2, 0) is 26.2 Å². The zero-order chi connectivity index (χ0) is 21.7. The number of likely N-dealkylation sites (tertiary alicyclic amines) is 1. The molecule has 3 N–H and O–H groups in total. The minimum Gasteiger partial charge on any atom is -0.383 e. The number of hydrogen-bond donors (Lipinski definition) is 3. The van der Waals surface area contributed by atoms with Crippen LogP contribution in [0.15, 0.2) is 17.4 Å². The van der Waals surface area contributed by atoms with Gasteiger partial charge in [-0.25, -0.2) is 4.99 Å². The number of guanidine groups is 1. The van der Waals surface area contributed by atoms with Crippen LogP contribution in [0.3, 0.4) is 0 Å². The lowest BCUT2D eigenvalue weighted by Crippen LogP contribution is -2.48. The third-order valence-corrected chi connectivity index (χ3v) is 5.90. The van der Waals surface area contributed by atoms with Crippen molar-refractivity contribution in [3.05, 3.63) is 29.6 Å². The first kappa shape index (κ1) is 25.5. The first-order valence-electron chi connectivity index (χ1n) is 10.6. The van der Waals surface area contributed by atoms with E-state index in [0.29, 0.717) is 25.1 Å². The summed E-state index contributed by atoms with van der Waals surface area (Å²) in [4.78, 5) is 7.19. The van der Waals surface area contributed by atoms with Gasteiger partial charge < -0.3 is 20.3 Å². The maximum atomic E-state index is 10.9. The Morgan fingerprint density at radius 1 is 1.32 bits per heavy atom. The molecule has 10 nitrogen and oxygen atoms in total. The highest BCUT2D eigenvalue weighted by Gasteiger charge is 2.26. The van der Waals surface area contributed by atoms with Gasteiger partial charge in [-0.3, -0.25) is 9.58 Å². The first-order chi connectivity index (χ1) is 14.3. The van der Waals surface area contributed by atoms with Crippen LogP contribution in [0.2, 0.25) is 0 Å². The van der Waals surface area contributed by atoms with Gasteiger partial charge in [0.2, 0.25) is 0 Å². The Morgan fingerprint density at radius 2 is 2.10 bits per heavy atom. The molecule has 0 aliphatic carbocycles. The van der Waals surface area contributed by atoms with Crippen molar-refractivity contribution >= 4 is 29.9 Å². The number of aliphatic hydroxyl groups is 1. The summed E-state index contributed by atoms with van der Waals surface area (Å²) in [7, 11) is 3.77. The Balaban J connectivity index is 0.00000341. The van der Waals surface area contributed by atoms with Gasteiger partial charge in [-0.15, -0.1) is 34.2 Å². The molecule has 2 aromatic heterocycles. The van der Waals surface area contributed by atoms with E-state index in [1.807, 2.05) is 31.8 Å². The fraction of sp³-hybridized carbons (Fsp3) is 0.700. The molecular weight excluding hydrogens is 509 g/mol. The number of aromatic nitrogens is 5. The van der Waals surface area contributed by atoms with Crippen molar-refractivity contribution in [2.75, 3.05) is 26.2 Å². The van der Waals surface area contributed by atoms with Crippen LogP contribution in [0.1, 0.15) is 43.9 Å². The maximum Gasteiger partial charge on any atom is 0.191 e. The molecule has 1 aliphatic rings. The minimum absolute atomic E-state index is 0. The summed E-state index contributed by atoms with van der Waals surface area (Å²) in [6, 6.07) is 0.498. The van der Waals surface area contributed by atoms with Crippen molar-refractivity contribution in [2.24, 2.45) is 19.1 Å². The largest absolute Gasteiger partial charge is 0.383 e. The zero-order valence-electron chi connectivity index (χ0n) is 19.2. The lowest BCUT2D eigenvalue weighted by molar-refractivity contribution is 0.0616. The molecule has 0 amide bonds. The summed E-state index contributed by atoms with van der Waals surface area (Å²) in [5.41, 5.74) is -0.310. The number of hydrogen-bond acceptors (Lipinski definition) is 6. The summed E-state index contributed by atoms with van der Waals surface area (Å²) in [5, 5.41) is 30.1. The zero-order valence-corrected chi connectivity index (χ0v) is 21.5. The Labute approximate surface area is 201 Å². The highest BCUT2D eigenvalue weighted by molar-refractivity contribution is 14.0. The number of likely N-dealkylation sites (N-methyl/N-ethyl adjacent to an activating group) is 1. The number of aliphatic imine (C=N–C) groups is 1. The molecule has 0 spiro atoms. The fourth-order valence-electron chi connectivity index (χ4n) is 3.73. The van der Waals surface area contributed by atoms with E-state index in [-0.39, 0.29) is 24.0 Å². The molecule has 1 aliphatic heterocycles. The van der Waals surface area contributed by atoms with Crippen molar-refractivity contribution in [2.45, 2.75) is 51.8 Å². The molecule has 0 bridgehead atoms. The molecule has 1 saturated heterocycles. The first-order valence-corrected chi connectivity index (χ1v) is 10.6. The van der Waals surface area contributed by atoms with Crippen LogP contribution < -0.4 is 10.6 Å². The van der Waals surface area contributed by atoms with Crippen molar-refractivity contribution < 1.29 is 5.11 Å². The average Bonchev–Trinajstić information content (AvgIpc) is 3.43. The second-order valence-electron chi connectivity index (χ2n) is 8.22. The van der Waals surface area contributed by atoms with Crippen molar-refractivity contribution in [1.29, 1.82) is 0 Å². The molecule has 2 aromatic rings. The maximum absolute atomic E-state index is 10.9. The van der Waals surface area contributed by atoms with E-state index in [1.54, 1.807) is 17.8 Å². The van der Waals surface area contributed by atoms with E-state index in [4.69, 9.17) is 4.99 Å². The van der Waals surface area contributed by atoms with Crippen LogP contribution in [0.25, 0.3) is 0 Å². The van der Waals surface area contributed by atoms with Crippen LogP contribution in [-0.4, -0.2) is 72.7 Å². The molecule has 1 fully saturated rings. The van der Waals surface area contributed by atoms with Gasteiger partial charge in [0.1, 0.15) is 18.0 Å². The molecule has 0 saturated carbocycles. The SMILES string of the molecule is CCN1CCCC1CNC(=NCc1nnc(C)n1C)NCC(C)(O)c1cnn(C)c1.I. The molecule has 3 rings (SSSR count). The highest BCUT2D eigenvalue weighted by Crippen LogP contribution is 2.18. The molecule has 2 atom stereocenters. The molecule has 174 valence electrons. The van der Waals surface area contributed by atoms with Gasteiger partial charge in [-0.2, -0.15) is 5.10 Å². The van der Waals surface area contributed by atoms with Crippen LogP contribution in [0, 0.1) is 6.92 Å². The third kappa shape index (κ3) is 6.62. The molecule has 0 radical (unpaired) electrons. The number of halogens is 1. The summed E-state index contributed by atoms with van der Waals surface area (Å²) in [5.74, 6) is 2.30. The molecule has 2 unspecified atom stereocenters. The van der Waals surface area contributed by atoms with E-state index >= 15 is 0 Å². The lowest BCUT2D eigenvalue weighted by atomic mass is 10.00. The lowest BCUT2D eigenvalue weighted by Gasteiger charge is -2.26. The Bertz CT molecular complexity index is 861. The quantitative estimate of drug-likeness (QED) is 0.257. The molecule has 31 heavy (non-hydrogen) atoms. The standard InChI is InChI=1S/C20H35N9O.HI/c1-6-29-9-7-8-17(29)11-21-19(22-12-18-26-25-15(2)28(18)5)23-14-20(3,30)16-10-24-27(4)13-16;/h10,13,17,30H,6-9,11-12,14H2,1-5H3,(H2,21,22,23);1H. The van der Waals surface area contributed by atoms with Gasteiger partial charge in [0, 0.05) is 38.4 Å². The van der Waals surface area contributed by atoms with Crippen LogP contribution in [0.5, 0.6) is 0 Å². The summed E-state index contributed by atoms with van der Waals surface area (Å²) in [6.07, 6.45) is 5.93. The number of rotatable bonds is 8. The molecule has 0 aromatic carbocycles. The van der Waals surface area contributed by atoms with Gasteiger partial charge >= 0.3 is 0 Å². The average molecular weight is 545 g/mol.